The minimum Gasteiger partial charge on any atom is -0.345 e. The van der Waals surface area contributed by atoms with Gasteiger partial charge in [-0.1, -0.05) is 33.4 Å². The molecule has 0 aromatic heterocycles. The van der Waals surface area contributed by atoms with Crippen molar-refractivity contribution < 1.29 is 9.59 Å². The average Bonchev–Trinajstić information content (AvgIpc) is 2.39. The summed E-state index contributed by atoms with van der Waals surface area (Å²) in [5.74, 6) is -0.343. The van der Waals surface area contributed by atoms with E-state index >= 15 is 0 Å². The normalized spacial score (nSPS) is 11.2. The van der Waals surface area contributed by atoms with E-state index in [1.165, 1.54) is 12.5 Å². The molecule has 0 aliphatic carbocycles. The predicted molar refractivity (Wildman–Crippen MR) is 83.7 cm³/mol. The molecule has 0 saturated heterocycles. The Hall–Kier alpha value is -1.84. The SMILES string of the molecule is C.CCc1ccc(NC(=O)C(C)CN(C)C(C)=O)cc1. The molecule has 0 spiro atoms. The monoisotopic (exact) mass is 278 g/mol. The van der Waals surface area contributed by atoms with Gasteiger partial charge in [-0.05, 0) is 24.1 Å². The maximum atomic E-state index is 12.0. The molecule has 0 aliphatic rings. The van der Waals surface area contributed by atoms with Crippen LogP contribution in [0.5, 0.6) is 0 Å². The van der Waals surface area contributed by atoms with Gasteiger partial charge in [-0.25, -0.2) is 0 Å². The number of carbonyl (C=O) groups is 2. The molecular formula is C16H26N2O2. The van der Waals surface area contributed by atoms with Crippen LogP contribution >= 0.6 is 0 Å². The number of amides is 2. The van der Waals surface area contributed by atoms with Crippen molar-refractivity contribution in [2.45, 2.75) is 34.6 Å². The highest BCUT2D eigenvalue weighted by atomic mass is 16.2. The van der Waals surface area contributed by atoms with E-state index in [0.717, 1.165) is 12.1 Å². The Kier molecular flexibility index (Phi) is 7.59. The van der Waals surface area contributed by atoms with Crippen LogP contribution in [0.25, 0.3) is 0 Å². The van der Waals surface area contributed by atoms with Gasteiger partial charge in [0.25, 0.3) is 0 Å². The van der Waals surface area contributed by atoms with Crippen LogP contribution in [-0.2, 0) is 16.0 Å². The fraction of sp³-hybridized carbons (Fsp3) is 0.500. The number of carbonyl (C=O) groups excluding carboxylic acids is 2. The van der Waals surface area contributed by atoms with Gasteiger partial charge in [-0.3, -0.25) is 9.59 Å². The van der Waals surface area contributed by atoms with E-state index in [1.807, 2.05) is 31.2 Å². The predicted octanol–water partition coefficient (Wildman–Crippen LogP) is 2.94. The van der Waals surface area contributed by atoms with Gasteiger partial charge < -0.3 is 10.2 Å². The van der Waals surface area contributed by atoms with Crippen molar-refractivity contribution in [3.8, 4) is 0 Å². The minimum atomic E-state index is -0.236. The molecule has 4 heteroatoms. The highest BCUT2D eigenvalue weighted by molar-refractivity contribution is 5.92. The molecule has 0 heterocycles. The van der Waals surface area contributed by atoms with Gasteiger partial charge in [0.15, 0.2) is 0 Å². The van der Waals surface area contributed by atoms with E-state index in [-0.39, 0.29) is 25.2 Å². The second-order valence-electron chi connectivity index (χ2n) is 4.84. The summed E-state index contributed by atoms with van der Waals surface area (Å²) < 4.78 is 0. The number of nitrogens with one attached hydrogen (secondary N) is 1. The molecule has 1 aromatic carbocycles. The lowest BCUT2D eigenvalue weighted by molar-refractivity contribution is -0.129. The number of aryl methyl sites for hydroxylation is 1. The van der Waals surface area contributed by atoms with Gasteiger partial charge in [0.05, 0.1) is 5.92 Å². The van der Waals surface area contributed by atoms with Crippen LogP contribution in [0.4, 0.5) is 5.69 Å². The van der Waals surface area contributed by atoms with Gasteiger partial charge in [0.1, 0.15) is 0 Å². The Morgan fingerprint density at radius 1 is 1.25 bits per heavy atom. The second kappa shape index (κ2) is 8.35. The van der Waals surface area contributed by atoms with E-state index < -0.39 is 0 Å². The van der Waals surface area contributed by atoms with Crippen LogP contribution in [0.1, 0.15) is 33.8 Å². The molecule has 4 nitrogen and oxygen atoms in total. The third kappa shape index (κ3) is 5.43. The molecule has 0 bridgehead atoms. The highest BCUT2D eigenvalue weighted by Crippen LogP contribution is 2.11. The fourth-order valence-corrected chi connectivity index (χ4v) is 1.71. The molecule has 1 N–H and O–H groups in total. The molecule has 0 aliphatic heterocycles. The third-order valence-electron chi connectivity index (χ3n) is 3.16. The van der Waals surface area contributed by atoms with Crippen LogP contribution < -0.4 is 5.32 Å². The van der Waals surface area contributed by atoms with E-state index in [0.29, 0.717) is 6.54 Å². The molecule has 1 unspecified atom stereocenters. The van der Waals surface area contributed by atoms with Crippen LogP contribution in [-0.4, -0.2) is 30.3 Å². The molecule has 0 fully saturated rings. The number of benzene rings is 1. The molecule has 1 rings (SSSR count). The lowest BCUT2D eigenvalue weighted by Gasteiger charge is -2.19. The number of hydrogen-bond acceptors (Lipinski definition) is 2. The van der Waals surface area contributed by atoms with Crippen LogP contribution in [0, 0.1) is 5.92 Å². The molecule has 1 atom stereocenters. The number of hydrogen-bond donors (Lipinski definition) is 1. The van der Waals surface area contributed by atoms with Crippen molar-refractivity contribution in [3.05, 3.63) is 29.8 Å². The van der Waals surface area contributed by atoms with E-state index in [4.69, 9.17) is 0 Å². The average molecular weight is 278 g/mol. The number of nitrogens with zero attached hydrogens (tertiary/aromatic N) is 1. The summed E-state index contributed by atoms with van der Waals surface area (Å²) >= 11 is 0. The Bertz CT molecular complexity index is 440. The maximum Gasteiger partial charge on any atom is 0.228 e. The summed E-state index contributed by atoms with van der Waals surface area (Å²) in [6.07, 6.45) is 0.980. The first-order valence-corrected chi connectivity index (χ1v) is 6.55. The minimum absolute atomic E-state index is 0. The Morgan fingerprint density at radius 3 is 2.25 bits per heavy atom. The molecule has 112 valence electrons. The first-order chi connectivity index (χ1) is 8.93. The van der Waals surface area contributed by atoms with Crippen molar-refractivity contribution in [2.24, 2.45) is 5.92 Å². The van der Waals surface area contributed by atoms with Crippen molar-refractivity contribution in [2.75, 3.05) is 18.9 Å². The summed E-state index contributed by atoms with van der Waals surface area (Å²) in [5.41, 5.74) is 2.03. The summed E-state index contributed by atoms with van der Waals surface area (Å²) in [6, 6.07) is 7.81. The van der Waals surface area contributed by atoms with Crippen LogP contribution in [0.3, 0.4) is 0 Å². The van der Waals surface area contributed by atoms with Gasteiger partial charge in [0, 0.05) is 26.2 Å². The highest BCUT2D eigenvalue weighted by Gasteiger charge is 2.16. The second-order valence-corrected chi connectivity index (χ2v) is 4.84. The fourth-order valence-electron chi connectivity index (χ4n) is 1.71. The third-order valence-corrected chi connectivity index (χ3v) is 3.16. The summed E-state index contributed by atoms with van der Waals surface area (Å²) in [4.78, 5) is 24.6. The van der Waals surface area contributed by atoms with E-state index in [9.17, 15) is 9.59 Å². The molecular weight excluding hydrogens is 252 g/mol. The van der Waals surface area contributed by atoms with Gasteiger partial charge >= 0.3 is 0 Å². The number of rotatable bonds is 5. The summed E-state index contributed by atoms with van der Waals surface area (Å²) in [7, 11) is 1.70. The van der Waals surface area contributed by atoms with Crippen LogP contribution in [0.2, 0.25) is 0 Å². The zero-order chi connectivity index (χ0) is 14.4. The Morgan fingerprint density at radius 2 is 1.80 bits per heavy atom. The first kappa shape index (κ1) is 18.2. The smallest absolute Gasteiger partial charge is 0.228 e. The zero-order valence-electron chi connectivity index (χ0n) is 12.1. The molecule has 1 aromatic rings. The first-order valence-electron chi connectivity index (χ1n) is 6.55. The Balaban J connectivity index is 0.00000361. The van der Waals surface area contributed by atoms with E-state index in [1.54, 1.807) is 11.9 Å². The molecule has 20 heavy (non-hydrogen) atoms. The van der Waals surface area contributed by atoms with E-state index in [2.05, 4.69) is 12.2 Å². The lowest BCUT2D eigenvalue weighted by Crippen LogP contribution is -2.34. The quantitative estimate of drug-likeness (QED) is 0.900. The van der Waals surface area contributed by atoms with Crippen molar-refractivity contribution in [3.63, 3.8) is 0 Å². The topological polar surface area (TPSA) is 49.4 Å². The summed E-state index contributed by atoms with van der Waals surface area (Å²) in [6.45, 7) is 5.82. The molecule has 0 saturated carbocycles. The van der Waals surface area contributed by atoms with Gasteiger partial charge in [0.2, 0.25) is 11.8 Å². The van der Waals surface area contributed by atoms with Gasteiger partial charge in [-0.15, -0.1) is 0 Å². The van der Waals surface area contributed by atoms with Crippen molar-refractivity contribution >= 4 is 17.5 Å². The Labute approximate surface area is 122 Å². The zero-order valence-corrected chi connectivity index (χ0v) is 12.1. The van der Waals surface area contributed by atoms with Crippen LogP contribution in [0.15, 0.2) is 24.3 Å². The molecule has 0 radical (unpaired) electrons. The number of anilines is 1. The van der Waals surface area contributed by atoms with Gasteiger partial charge in [-0.2, -0.15) is 0 Å². The standard InChI is InChI=1S/C15H22N2O2.CH4/c1-5-13-6-8-14(9-7-13)16-15(19)11(2)10-17(4)12(3)18;/h6-9,11H,5,10H2,1-4H3,(H,16,19);1H4. The molecule has 2 amide bonds. The largest absolute Gasteiger partial charge is 0.345 e. The lowest BCUT2D eigenvalue weighted by atomic mass is 10.1. The van der Waals surface area contributed by atoms with Crippen molar-refractivity contribution in [1.29, 1.82) is 0 Å². The maximum absolute atomic E-state index is 12.0. The van der Waals surface area contributed by atoms with Crippen molar-refractivity contribution in [1.82, 2.24) is 4.90 Å². The summed E-state index contributed by atoms with van der Waals surface area (Å²) in [5, 5.41) is 2.86.